The van der Waals surface area contributed by atoms with E-state index >= 15 is 0 Å². The number of benzene rings is 1. The van der Waals surface area contributed by atoms with Crippen LogP contribution in [-0.4, -0.2) is 46.3 Å². The topological polar surface area (TPSA) is 63.3 Å². The molecule has 140 valence electrons. The van der Waals surface area contributed by atoms with Gasteiger partial charge in [-0.05, 0) is 43.7 Å². The average Bonchev–Trinajstić information content (AvgIpc) is 3.39. The number of carbonyl (C=O) groups is 1. The molecule has 4 rings (SSSR count). The van der Waals surface area contributed by atoms with Gasteiger partial charge in [0.1, 0.15) is 5.76 Å². The van der Waals surface area contributed by atoms with Gasteiger partial charge in [-0.3, -0.25) is 4.79 Å². The number of nitrogens with one attached hydrogen (secondary N) is 1. The maximum atomic E-state index is 12.5. The number of hydrogen-bond donors (Lipinski definition) is 1. The molecule has 27 heavy (non-hydrogen) atoms. The third-order valence-electron chi connectivity index (χ3n) is 5.09. The summed E-state index contributed by atoms with van der Waals surface area (Å²) >= 11 is 0. The summed E-state index contributed by atoms with van der Waals surface area (Å²) in [5, 5.41) is 7.47. The van der Waals surface area contributed by atoms with Crippen LogP contribution in [0.2, 0.25) is 0 Å². The van der Waals surface area contributed by atoms with Crippen LogP contribution in [0.3, 0.4) is 0 Å². The predicted molar refractivity (Wildman–Crippen MR) is 104 cm³/mol. The highest BCUT2D eigenvalue weighted by atomic mass is 16.3. The number of likely N-dealkylation sites (tertiary alicyclic amines) is 1. The number of nitrogens with zero attached hydrogens (tertiary/aromatic N) is 3. The number of aromatic nitrogens is 2. The molecule has 1 aliphatic heterocycles. The van der Waals surface area contributed by atoms with Crippen molar-refractivity contribution in [3.8, 4) is 17.0 Å². The highest BCUT2D eigenvalue weighted by molar-refractivity contribution is 5.92. The van der Waals surface area contributed by atoms with Gasteiger partial charge in [0, 0.05) is 25.3 Å². The Morgan fingerprint density at radius 1 is 1.19 bits per heavy atom. The molecule has 1 aromatic carbocycles. The molecular weight excluding hydrogens is 340 g/mol. The second-order valence-electron chi connectivity index (χ2n) is 6.86. The number of para-hydroxylation sites is 1. The number of furan rings is 1. The first kappa shape index (κ1) is 17.5. The summed E-state index contributed by atoms with van der Waals surface area (Å²) in [6.07, 6.45) is 5.61. The Bertz CT molecular complexity index is 892. The second kappa shape index (κ2) is 7.80. The van der Waals surface area contributed by atoms with Gasteiger partial charge < -0.3 is 14.6 Å². The van der Waals surface area contributed by atoms with Crippen molar-refractivity contribution in [1.82, 2.24) is 20.0 Å². The van der Waals surface area contributed by atoms with Crippen LogP contribution < -0.4 is 5.32 Å². The summed E-state index contributed by atoms with van der Waals surface area (Å²) in [7, 11) is 0. The lowest BCUT2D eigenvalue weighted by atomic mass is 10.1. The van der Waals surface area contributed by atoms with Gasteiger partial charge in [0.05, 0.1) is 17.4 Å². The molecule has 0 unspecified atom stereocenters. The standard InChI is InChI=1S/C21H24N4O2/c1-2-24-12-10-17(11-13-24)23-21(26)20-9-8-19(27-20)16-14-22-25(15-16)18-6-4-3-5-7-18/h3-9,14-15,17H,2,10-13H2,1H3,(H,23,26). The molecule has 3 aromatic rings. The van der Waals surface area contributed by atoms with Gasteiger partial charge >= 0.3 is 0 Å². The molecule has 1 saturated heterocycles. The molecule has 0 saturated carbocycles. The van der Waals surface area contributed by atoms with Gasteiger partial charge in [-0.2, -0.15) is 5.10 Å². The molecule has 0 aliphatic carbocycles. The summed E-state index contributed by atoms with van der Waals surface area (Å²) in [4.78, 5) is 14.9. The van der Waals surface area contributed by atoms with E-state index in [1.807, 2.05) is 42.6 Å². The SMILES string of the molecule is CCN1CCC(NC(=O)c2ccc(-c3cnn(-c4ccccc4)c3)o2)CC1. The quantitative estimate of drug-likeness (QED) is 0.754. The minimum absolute atomic E-state index is 0.147. The Kier molecular flexibility index (Phi) is 5.07. The first-order valence-corrected chi connectivity index (χ1v) is 9.46. The van der Waals surface area contributed by atoms with Crippen LogP contribution in [0, 0.1) is 0 Å². The molecule has 0 radical (unpaired) electrons. The smallest absolute Gasteiger partial charge is 0.287 e. The molecule has 0 atom stereocenters. The molecule has 6 nitrogen and oxygen atoms in total. The van der Waals surface area contributed by atoms with Gasteiger partial charge in [-0.1, -0.05) is 25.1 Å². The zero-order chi connectivity index (χ0) is 18.6. The number of amides is 1. The van der Waals surface area contributed by atoms with Crippen LogP contribution in [0.4, 0.5) is 0 Å². The van der Waals surface area contributed by atoms with Crippen LogP contribution in [0.25, 0.3) is 17.0 Å². The van der Waals surface area contributed by atoms with Crippen LogP contribution >= 0.6 is 0 Å². The van der Waals surface area contributed by atoms with E-state index in [4.69, 9.17) is 4.42 Å². The van der Waals surface area contributed by atoms with Gasteiger partial charge in [0.15, 0.2) is 5.76 Å². The van der Waals surface area contributed by atoms with Crippen molar-refractivity contribution < 1.29 is 9.21 Å². The van der Waals surface area contributed by atoms with Gasteiger partial charge in [-0.25, -0.2) is 4.68 Å². The number of carbonyl (C=O) groups excluding carboxylic acids is 1. The molecule has 1 amide bonds. The largest absolute Gasteiger partial charge is 0.451 e. The minimum Gasteiger partial charge on any atom is -0.451 e. The van der Waals surface area contributed by atoms with Crippen LogP contribution in [0.15, 0.2) is 59.3 Å². The molecule has 1 N–H and O–H groups in total. The Morgan fingerprint density at radius 3 is 2.70 bits per heavy atom. The zero-order valence-electron chi connectivity index (χ0n) is 15.5. The maximum Gasteiger partial charge on any atom is 0.287 e. The zero-order valence-corrected chi connectivity index (χ0v) is 15.5. The van der Waals surface area contributed by atoms with E-state index in [0.717, 1.165) is 43.7 Å². The monoisotopic (exact) mass is 364 g/mol. The summed E-state index contributed by atoms with van der Waals surface area (Å²) in [6, 6.07) is 13.6. The fourth-order valence-corrected chi connectivity index (χ4v) is 3.44. The highest BCUT2D eigenvalue weighted by Gasteiger charge is 2.22. The normalized spacial score (nSPS) is 15.7. The van der Waals surface area contributed by atoms with E-state index < -0.39 is 0 Å². The number of rotatable bonds is 5. The van der Waals surface area contributed by atoms with E-state index in [-0.39, 0.29) is 11.9 Å². The Balaban J connectivity index is 1.41. The highest BCUT2D eigenvalue weighted by Crippen LogP contribution is 2.23. The molecule has 0 spiro atoms. The van der Waals surface area contributed by atoms with Crippen LogP contribution in [0.1, 0.15) is 30.3 Å². The molecule has 0 bridgehead atoms. The van der Waals surface area contributed by atoms with E-state index in [0.29, 0.717) is 11.5 Å². The van der Waals surface area contributed by atoms with Crippen molar-refractivity contribution in [1.29, 1.82) is 0 Å². The lowest BCUT2D eigenvalue weighted by molar-refractivity contribution is 0.0885. The Morgan fingerprint density at radius 2 is 1.96 bits per heavy atom. The molecule has 2 aromatic heterocycles. The third kappa shape index (κ3) is 3.95. The van der Waals surface area contributed by atoms with Gasteiger partial charge in [-0.15, -0.1) is 0 Å². The van der Waals surface area contributed by atoms with Crippen LogP contribution in [0.5, 0.6) is 0 Å². The third-order valence-corrected chi connectivity index (χ3v) is 5.09. The molecule has 3 heterocycles. The average molecular weight is 364 g/mol. The summed E-state index contributed by atoms with van der Waals surface area (Å²) in [6.45, 7) is 5.30. The maximum absolute atomic E-state index is 12.5. The number of hydrogen-bond acceptors (Lipinski definition) is 4. The molecular formula is C21H24N4O2. The van der Waals surface area contributed by atoms with Crippen molar-refractivity contribution in [2.75, 3.05) is 19.6 Å². The van der Waals surface area contributed by atoms with Crippen molar-refractivity contribution >= 4 is 5.91 Å². The Labute approximate surface area is 158 Å². The summed E-state index contributed by atoms with van der Waals surface area (Å²) in [5.41, 5.74) is 1.82. The summed E-state index contributed by atoms with van der Waals surface area (Å²) < 4.78 is 7.58. The molecule has 6 heteroatoms. The van der Waals surface area contributed by atoms with E-state index in [1.54, 1.807) is 16.9 Å². The fraction of sp³-hybridized carbons (Fsp3) is 0.333. The molecule has 1 aliphatic rings. The second-order valence-corrected chi connectivity index (χ2v) is 6.86. The van der Waals surface area contributed by atoms with Crippen molar-refractivity contribution in [3.05, 3.63) is 60.6 Å². The van der Waals surface area contributed by atoms with E-state index in [1.165, 1.54) is 0 Å². The first-order valence-electron chi connectivity index (χ1n) is 9.46. The van der Waals surface area contributed by atoms with Gasteiger partial charge in [0.2, 0.25) is 0 Å². The van der Waals surface area contributed by atoms with Crippen LogP contribution in [-0.2, 0) is 0 Å². The fourth-order valence-electron chi connectivity index (χ4n) is 3.44. The Hall–Kier alpha value is -2.86. The minimum atomic E-state index is -0.147. The summed E-state index contributed by atoms with van der Waals surface area (Å²) in [5.74, 6) is 0.838. The van der Waals surface area contributed by atoms with Crippen molar-refractivity contribution in [3.63, 3.8) is 0 Å². The van der Waals surface area contributed by atoms with E-state index in [9.17, 15) is 4.79 Å². The molecule has 1 fully saturated rings. The van der Waals surface area contributed by atoms with Crippen molar-refractivity contribution in [2.45, 2.75) is 25.8 Å². The first-order chi connectivity index (χ1) is 13.2. The lowest BCUT2D eigenvalue weighted by Crippen LogP contribution is -2.44. The van der Waals surface area contributed by atoms with E-state index in [2.05, 4.69) is 22.2 Å². The van der Waals surface area contributed by atoms with Crippen molar-refractivity contribution in [2.24, 2.45) is 0 Å². The predicted octanol–water partition coefficient (Wildman–Crippen LogP) is 3.35. The lowest BCUT2D eigenvalue weighted by Gasteiger charge is -2.31. The number of piperidine rings is 1. The van der Waals surface area contributed by atoms with Gasteiger partial charge in [0.25, 0.3) is 5.91 Å².